The molecule has 3 N–H and O–H groups in total. The van der Waals surface area contributed by atoms with E-state index >= 15 is 0 Å². The third-order valence-electron chi connectivity index (χ3n) is 2.14. The number of rotatable bonds is 6. The zero-order valence-electron chi connectivity index (χ0n) is 10.1. The van der Waals surface area contributed by atoms with E-state index < -0.39 is 6.03 Å². The molecule has 0 saturated heterocycles. The number of hydrogen-bond donors (Lipinski definition) is 2. The van der Waals surface area contributed by atoms with Crippen LogP contribution < -0.4 is 15.8 Å². The highest BCUT2D eigenvalue weighted by Gasteiger charge is 2.05. The van der Waals surface area contributed by atoms with Gasteiger partial charge in [-0.3, -0.25) is 10.1 Å². The molecule has 3 amide bonds. The minimum Gasteiger partial charge on any atom is -0.496 e. The van der Waals surface area contributed by atoms with Gasteiger partial charge in [0.05, 0.1) is 7.11 Å². The van der Waals surface area contributed by atoms with Gasteiger partial charge in [-0.25, -0.2) is 4.79 Å². The number of carbonyl (C=O) groups excluding carboxylic acids is 2. The van der Waals surface area contributed by atoms with Crippen LogP contribution in [0.25, 0.3) is 0 Å². The molecule has 0 saturated carbocycles. The minimum atomic E-state index is -0.808. The lowest BCUT2D eigenvalue weighted by Crippen LogP contribution is -2.34. The highest BCUT2D eigenvalue weighted by molar-refractivity contribution is 7.99. The second-order valence-corrected chi connectivity index (χ2v) is 4.65. The lowest BCUT2D eigenvalue weighted by atomic mass is 10.3. The molecular formula is C12H16N2O3S. The van der Waals surface area contributed by atoms with Crippen molar-refractivity contribution in [2.75, 3.05) is 12.9 Å². The number of amides is 3. The van der Waals surface area contributed by atoms with Crippen molar-refractivity contribution in [1.82, 2.24) is 5.32 Å². The van der Waals surface area contributed by atoms with E-state index in [1.165, 1.54) is 0 Å². The van der Waals surface area contributed by atoms with Gasteiger partial charge in [-0.15, -0.1) is 11.8 Å². The van der Waals surface area contributed by atoms with Gasteiger partial charge >= 0.3 is 6.03 Å². The Morgan fingerprint density at radius 1 is 1.39 bits per heavy atom. The van der Waals surface area contributed by atoms with Gasteiger partial charge < -0.3 is 10.5 Å². The van der Waals surface area contributed by atoms with E-state index in [2.05, 4.69) is 0 Å². The highest BCUT2D eigenvalue weighted by Crippen LogP contribution is 2.29. The van der Waals surface area contributed by atoms with Crippen molar-refractivity contribution in [1.29, 1.82) is 0 Å². The van der Waals surface area contributed by atoms with Gasteiger partial charge in [0, 0.05) is 11.3 Å². The molecule has 0 aliphatic carbocycles. The number of para-hydroxylation sites is 1. The van der Waals surface area contributed by atoms with Gasteiger partial charge in [0.15, 0.2) is 0 Å². The van der Waals surface area contributed by atoms with Gasteiger partial charge in [0.1, 0.15) is 5.75 Å². The summed E-state index contributed by atoms with van der Waals surface area (Å²) in [6, 6.07) is 6.89. The standard InChI is InChI=1S/C12H16N2O3S/c1-17-9-5-2-3-6-10(9)18-8-4-7-11(15)14-12(13)16/h2-3,5-6H,4,7-8H2,1H3,(H3,13,14,15,16). The monoisotopic (exact) mass is 268 g/mol. The summed E-state index contributed by atoms with van der Waals surface area (Å²) in [6.45, 7) is 0. The molecule has 18 heavy (non-hydrogen) atoms. The average Bonchev–Trinajstić information content (AvgIpc) is 2.34. The summed E-state index contributed by atoms with van der Waals surface area (Å²) >= 11 is 1.61. The fourth-order valence-corrected chi connectivity index (χ4v) is 2.33. The Morgan fingerprint density at radius 3 is 2.78 bits per heavy atom. The van der Waals surface area contributed by atoms with Gasteiger partial charge in [-0.2, -0.15) is 0 Å². The van der Waals surface area contributed by atoms with E-state index in [0.717, 1.165) is 16.4 Å². The average molecular weight is 268 g/mol. The molecule has 0 heterocycles. The van der Waals surface area contributed by atoms with Crippen molar-refractivity contribution in [2.24, 2.45) is 5.73 Å². The van der Waals surface area contributed by atoms with Crippen LogP contribution in [0, 0.1) is 0 Å². The first kappa shape index (κ1) is 14.4. The summed E-state index contributed by atoms with van der Waals surface area (Å²) in [4.78, 5) is 22.6. The molecule has 0 bridgehead atoms. The molecule has 98 valence electrons. The van der Waals surface area contributed by atoms with Crippen molar-refractivity contribution in [3.63, 3.8) is 0 Å². The molecule has 0 aliphatic rings. The maximum Gasteiger partial charge on any atom is 0.318 e. The van der Waals surface area contributed by atoms with Crippen molar-refractivity contribution >= 4 is 23.7 Å². The van der Waals surface area contributed by atoms with E-state index in [0.29, 0.717) is 6.42 Å². The fraction of sp³-hybridized carbons (Fsp3) is 0.333. The number of imide groups is 1. The van der Waals surface area contributed by atoms with Crippen LogP contribution in [-0.2, 0) is 4.79 Å². The molecule has 1 rings (SSSR count). The number of benzene rings is 1. The van der Waals surface area contributed by atoms with Crippen LogP contribution in [0.2, 0.25) is 0 Å². The molecule has 1 aromatic carbocycles. The normalized spacial score (nSPS) is 9.83. The summed E-state index contributed by atoms with van der Waals surface area (Å²) in [5, 5.41) is 2.03. The predicted octanol–water partition coefficient (Wildman–Crippen LogP) is 1.76. The molecule has 0 radical (unpaired) electrons. The Labute approximate surface area is 110 Å². The molecule has 0 fully saturated rings. The van der Waals surface area contributed by atoms with E-state index in [-0.39, 0.29) is 12.3 Å². The first-order valence-corrected chi connectivity index (χ1v) is 6.47. The Bertz CT molecular complexity index is 424. The number of nitrogens with one attached hydrogen (secondary N) is 1. The van der Waals surface area contributed by atoms with Crippen LogP contribution in [0.4, 0.5) is 4.79 Å². The zero-order valence-corrected chi connectivity index (χ0v) is 11.0. The lowest BCUT2D eigenvalue weighted by Gasteiger charge is -2.07. The van der Waals surface area contributed by atoms with E-state index in [4.69, 9.17) is 10.5 Å². The van der Waals surface area contributed by atoms with Crippen molar-refractivity contribution in [2.45, 2.75) is 17.7 Å². The number of nitrogens with two attached hydrogens (primary N) is 1. The van der Waals surface area contributed by atoms with Gasteiger partial charge in [0.25, 0.3) is 0 Å². The molecule has 6 heteroatoms. The molecule has 0 spiro atoms. The van der Waals surface area contributed by atoms with Crippen molar-refractivity contribution in [3.05, 3.63) is 24.3 Å². The number of hydrogen-bond acceptors (Lipinski definition) is 4. The fourth-order valence-electron chi connectivity index (χ4n) is 1.35. The minimum absolute atomic E-state index is 0.283. The number of methoxy groups -OCH3 is 1. The van der Waals surface area contributed by atoms with Crippen LogP contribution in [-0.4, -0.2) is 24.8 Å². The summed E-state index contributed by atoms with van der Waals surface area (Å²) in [5.41, 5.74) is 4.83. The SMILES string of the molecule is COc1ccccc1SCCCC(=O)NC(N)=O. The largest absolute Gasteiger partial charge is 0.496 e. The lowest BCUT2D eigenvalue weighted by molar-refractivity contribution is -0.119. The Hall–Kier alpha value is -1.69. The topological polar surface area (TPSA) is 81.4 Å². The van der Waals surface area contributed by atoms with Crippen LogP contribution >= 0.6 is 11.8 Å². The maximum atomic E-state index is 11.1. The smallest absolute Gasteiger partial charge is 0.318 e. The Morgan fingerprint density at radius 2 is 2.11 bits per heavy atom. The zero-order chi connectivity index (χ0) is 13.4. The van der Waals surface area contributed by atoms with Gasteiger partial charge in [-0.1, -0.05) is 12.1 Å². The van der Waals surface area contributed by atoms with E-state index in [1.807, 2.05) is 29.6 Å². The summed E-state index contributed by atoms with van der Waals surface area (Å²) < 4.78 is 5.21. The second-order valence-electron chi connectivity index (χ2n) is 3.52. The molecule has 0 aromatic heterocycles. The number of primary amides is 1. The molecule has 1 aromatic rings. The second kappa shape index (κ2) is 7.60. The van der Waals surface area contributed by atoms with E-state index in [9.17, 15) is 9.59 Å². The highest BCUT2D eigenvalue weighted by atomic mass is 32.2. The maximum absolute atomic E-state index is 11.1. The number of thioether (sulfide) groups is 1. The molecule has 5 nitrogen and oxygen atoms in total. The molecule has 0 unspecified atom stereocenters. The Balaban J connectivity index is 2.29. The summed E-state index contributed by atoms with van der Waals surface area (Å²) in [5.74, 6) is 1.25. The summed E-state index contributed by atoms with van der Waals surface area (Å²) in [6.07, 6.45) is 0.951. The van der Waals surface area contributed by atoms with Crippen molar-refractivity contribution < 1.29 is 14.3 Å². The third kappa shape index (κ3) is 5.09. The van der Waals surface area contributed by atoms with Crippen LogP contribution in [0.5, 0.6) is 5.75 Å². The predicted molar refractivity (Wildman–Crippen MR) is 70.7 cm³/mol. The first-order chi connectivity index (χ1) is 8.63. The third-order valence-corrected chi connectivity index (χ3v) is 3.28. The number of ether oxygens (including phenoxy) is 1. The van der Waals surface area contributed by atoms with Crippen LogP contribution in [0.15, 0.2) is 29.2 Å². The van der Waals surface area contributed by atoms with Crippen LogP contribution in [0.1, 0.15) is 12.8 Å². The van der Waals surface area contributed by atoms with E-state index in [1.54, 1.807) is 18.9 Å². The van der Waals surface area contributed by atoms with Gasteiger partial charge in [-0.05, 0) is 24.3 Å². The van der Waals surface area contributed by atoms with Gasteiger partial charge in [0.2, 0.25) is 5.91 Å². The Kier molecular flexibility index (Phi) is 6.07. The first-order valence-electron chi connectivity index (χ1n) is 5.48. The van der Waals surface area contributed by atoms with Crippen LogP contribution in [0.3, 0.4) is 0 Å². The number of carbonyl (C=O) groups is 2. The molecule has 0 aliphatic heterocycles. The molecule has 0 atom stereocenters. The van der Waals surface area contributed by atoms with Crippen molar-refractivity contribution in [3.8, 4) is 5.75 Å². The molecular weight excluding hydrogens is 252 g/mol. The quantitative estimate of drug-likeness (QED) is 0.608. The number of urea groups is 1. The summed E-state index contributed by atoms with van der Waals surface area (Å²) in [7, 11) is 1.62.